The first-order chi connectivity index (χ1) is 11.1. The molecule has 0 atom stereocenters. The smallest absolute Gasteiger partial charge is 0.234 e. The van der Waals surface area contributed by atoms with Gasteiger partial charge in [0.25, 0.3) is 0 Å². The molecule has 8 heteroatoms. The second kappa shape index (κ2) is 8.83. The number of rotatable bonds is 6. The molecule has 0 aliphatic carbocycles. The van der Waals surface area contributed by atoms with Crippen LogP contribution in [0, 0.1) is 5.92 Å². The highest BCUT2D eigenvalue weighted by Crippen LogP contribution is 2.24. The van der Waals surface area contributed by atoms with Crippen LogP contribution in [0.25, 0.3) is 0 Å². The zero-order valence-corrected chi connectivity index (χ0v) is 14.8. The zero-order chi connectivity index (χ0) is 16.7. The Morgan fingerprint density at radius 1 is 1.35 bits per heavy atom. The Kier molecular flexibility index (Phi) is 6.79. The molecule has 1 fully saturated rings. The van der Waals surface area contributed by atoms with Crippen LogP contribution < -0.4 is 20.3 Å². The topological polar surface area (TPSA) is 71.5 Å². The molecule has 0 amide bonds. The highest BCUT2D eigenvalue weighted by molar-refractivity contribution is 7.80. The Labute approximate surface area is 142 Å². The minimum Gasteiger partial charge on any atom is -0.481 e. The van der Waals surface area contributed by atoms with E-state index in [1.165, 1.54) is 12.8 Å². The van der Waals surface area contributed by atoms with Crippen LogP contribution in [0.4, 0.5) is 11.8 Å². The molecule has 0 radical (unpaired) electrons. The second-order valence-electron chi connectivity index (χ2n) is 5.64. The number of hydrogen-bond acceptors (Lipinski definition) is 6. The van der Waals surface area contributed by atoms with Crippen molar-refractivity contribution in [1.82, 2.24) is 15.3 Å². The van der Waals surface area contributed by atoms with E-state index in [1.54, 1.807) is 14.2 Å². The van der Waals surface area contributed by atoms with Gasteiger partial charge in [-0.3, -0.25) is 0 Å². The molecule has 0 bridgehead atoms. The van der Waals surface area contributed by atoms with Crippen LogP contribution in [0.5, 0.6) is 5.88 Å². The summed E-state index contributed by atoms with van der Waals surface area (Å²) in [6.07, 6.45) is 2.35. The van der Waals surface area contributed by atoms with Gasteiger partial charge in [0.1, 0.15) is 5.82 Å². The van der Waals surface area contributed by atoms with Gasteiger partial charge in [0.15, 0.2) is 5.11 Å². The lowest BCUT2D eigenvalue weighted by Gasteiger charge is -2.31. The summed E-state index contributed by atoms with van der Waals surface area (Å²) >= 11 is 5.23. The van der Waals surface area contributed by atoms with E-state index in [2.05, 4.69) is 32.4 Å². The van der Waals surface area contributed by atoms with Gasteiger partial charge in [-0.2, -0.15) is 9.97 Å². The maximum atomic E-state index is 5.29. The summed E-state index contributed by atoms with van der Waals surface area (Å²) in [7, 11) is 3.25. The minimum absolute atomic E-state index is 0.438. The number of thiocarbonyl (C=S) groups is 1. The molecule has 1 aliphatic heterocycles. The molecule has 1 aromatic heterocycles. The number of aromatic nitrogens is 2. The molecule has 0 unspecified atom stereocenters. The lowest BCUT2D eigenvalue weighted by molar-refractivity contribution is 0.204. The molecule has 0 spiro atoms. The summed E-state index contributed by atoms with van der Waals surface area (Å²) in [6.45, 7) is 5.49. The standard InChI is InChI=1S/C15H25N5O2S/c1-11-4-7-20(8-5-11)12-10-13(22-3)18-14(17-12)19-15(23)16-6-9-21-2/h10-11H,4-9H2,1-3H3,(H2,16,17,18,19,23). The SMILES string of the molecule is COCCNC(=S)Nc1nc(OC)cc(N2CCC(C)CC2)n1. The monoisotopic (exact) mass is 339 g/mol. The van der Waals surface area contributed by atoms with E-state index in [1.807, 2.05) is 6.07 Å². The van der Waals surface area contributed by atoms with E-state index >= 15 is 0 Å². The van der Waals surface area contributed by atoms with Crippen molar-refractivity contribution < 1.29 is 9.47 Å². The van der Waals surface area contributed by atoms with Crippen molar-refractivity contribution in [3.05, 3.63) is 6.07 Å². The van der Waals surface area contributed by atoms with Crippen LogP contribution in [-0.4, -0.2) is 55.5 Å². The third-order valence-corrected chi connectivity index (χ3v) is 4.07. The number of ether oxygens (including phenoxy) is 2. The van der Waals surface area contributed by atoms with Crippen molar-refractivity contribution in [2.24, 2.45) is 5.92 Å². The Morgan fingerprint density at radius 3 is 2.74 bits per heavy atom. The van der Waals surface area contributed by atoms with Crippen LogP contribution in [-0.2, 0) is 4.74 Å². The molecule has 1 saturated heterocycles. The van der Waals surface area contributed by atoms with Crippen molar-refractivity contribution in [2.45, 2.75) is 19.8 Å². The largest absolute Gasteiger partial charge is 0.481 e. The van der Waals surface area contributed by atoms with Crippen LogP contribution in [0.15, 0.2) is 6.07 Å². The number of piperidine rings is 1. The maximum absolute atomic E-state index is 5.29. The fraction of sp³-hybridized carbons (Fsp3) is 0.667. The van der Waals surface area contributed by atoms with Crippen molar-refractivity contribution in [1.29, 1.82) is 0 Å². The fourth-order valence-corrected chi connectivity index (χ4v) is 2.58. The zero-order valence-electron chi connectivity index (χ0n) is 14.0. The van der Waals surface area contributed by atoms with Gasteiger partial charge in [0.05, 0.1) is 13.7 Å². The molecule has 7 nitrogen and oxygen atoms in total. The summed E-state index contributed by atoms with van der Waals surface area (Å²) in [4.78, 5) is 11.1. The van der Waals surface area contributed by atoms with Gasteiger partial charge >= 0.3 is 0 Å². The predicted molar refractivity (Wildman–Crippen MR) is 95.3 cm³/mol. The van der Waals surface area contributed by atoms with Gasteiger partial charge in [-0.05, 0) is 31.0 Å². The molecule has 2 heterocycles. The minimum atomic E-state index is 0.438. The molecule has 0 saturated carbocycles. The van der Waals surface area contributed by atoms with Crippen molar-refractivity contribution in [3.63, 3.8) is 0 Å². The number of nitrogens with zero attached hydrogens (tertiary/aromatic N) is 3. The van der Waals surface area contributed by atoms with E-state index in [0.717, 1.165) is 24.8 Å². The first-order valence-electron chi connectivity index (χ1n) is 7.84. The fourth-order valence-electron chi connectivity index (χ4n) is 2.39. The quantitative estimate of drug-likeness (QED) is 0.599. The number of hydrogen-bond donors (Lipinski definition) is 2. The Bertz CT molecular complexity index is 521. The predicted octanol–water partition coefficient (Wildman–Crippen LogP) is 1.65. The average Bonchev–Trinajstić information content (AvgIpc) is 2.55. The van der Waals surface area contributed by atoms with Gasteiger partial charge in [-0.1, -0.05) is 6.92 Å². The van der Waals surface area contributed by atoms with E-state index in [-0.39, 0.29) is 0 Å². The number of methoxy groups -OCH3 is 2. The molecule has 128 valence electrons. The molecular weight excluding hydrogens is 314 g/mol. The van der Waals surface area contributed by atoms with Gasteiger partial charge in [-0.25, -0.2) is 0 Å². The van der Waals surface area contributed by atoms with Crippen LogP contribution in [0.1, 0.15) is 19.8 Å². The van der Waals surface area contributed by atoms with Gasteiger partial charge in [0, 0.05) is 32.8 Å². The molecule has 2 rings (SSSR count). The highest BCUT2D eigenvalue weighted by Gasteiger charge is 2.18. The van der Waals surface area contributed by atoms with E-state index in [9.17, 15) is 0 Å². The van der Waals surface area contributed by atoms with E-state index in [0.29, 0.717) is 30.1 Å². The lowest BCUT2D eigenvalue weighted by Crippen LogP contribution is -2.34. The number of nitrogens with one attached hydrogen (secondary N) is 2. The maximum Gasteiger partial charge on any atom is 0.234 e. The Morgan fingerprint density at radius 2 is 2.09 bits per heavy atom. The van der Waals surface area contributed by atoms with Crippen LogP contribution in [0.3, 0.4) is 0 Å². The Hall–Kier alpha value is -1.67. The van der Waals surface area contributed by atoms with E-state index < -0.39 is 0 Å². The van der Waals surface area contributed by atoms with Crippen LogP contribution >= 0.6 is 12.2 Å². The molecular formula is C15H25N5O2S. The first kappa shape index (κ1) is 17.7. The summed E-state index contributed by atoms with van der Waals surface area (Å²) in [5.41, 5.74) is 0. The lowest BCUT2D eigenvalue weighted by atomic mass is 9.99. The molecule has 2 N–H and O–H groups in total. The normalized spacial score (nSPS) is 15.3. The summed E-state index contributed by atoms with van der Waals surface area (Å²) < 4.78 is 10.3. The molecule has 1 aromatic rings. The molecule has 1 aliphatic rings. The first-order valence-corrected chi connectivity index (χ1v) is 8.25. The van der Waals surface area contributed by atoms with Crippen molar-refractivity contribution >= 4 is 29.1 Å². The number of anilines is 2. The van der Waals surface area contributed by atoms with Gasteiger partial charge in [0.2, 0.25) is 11.8 Å². The van der Waals surface area contributed by atoms with Crippen molar-refractivity contribution in [3.8, 4) is 5.88 Å². The summed E-state index contributed by atoms with van der Waals surface area (Å²) in [5.74, 6) is 2.60. The second-order valence-corrected chi connectivity index (χ2v) is 6.04. The van der Waals surface area contributed by atoms with E-state index in [4.69, 9.17) is 21.7 Å². The van der Waals surface area contributed by atoms with Crippen molar-refractivity contribution in [2.75, 3.05) is 50.7 Å². The van der Waals surface area contributed by atoms with Crippen LogP contribution in [0.2, 0.25) is 0 Å². The van der Waals surface area contributed by atoms with Gasteiger partial charge in [-0.15, -0.1) is 0 Å². The highest BCUT2D eigenvalue weighted by atomic mass is 32.1. The third-order valence-electron chi connectivity index (χ3n) is 3.82. The summed E-state index contributed by atoms with van der Waals surface area (Å²) in [5, 5.41) is 6.50. The van der Waals surface area contributed by atoms with Gasteiger partial charge < -0.3 is 25.0 Å². The average molecular weight is 339 g/mol. The summed E-state index contributed by atoms with van der Waals surface area (Å²) in [6, 6.07) is 1.86. The third kappa shape index (κ3) is 5.47. The Balaban J connectivity index is 2.04. The molecule has 23 heavy (non-hydrogen) atoms. The molecule has 0 aromatic carbocycles.